The molecule has 16 heavy (non-hydrogen) atoms. The molecule has 2 N–H and O–H groups in total. The number of hydrogen-bond donors (Lipinski definition) is 2. The van der Waals surface area contributed by atoms with Crippen molar-refractivity contribution in [1.29, 1.82) is 0 Å². The lowest BCUT2D eigenvalue weighted by Gasteiger charge is -2.26. The first-order valence-corrected chi connectivity index (χ1v) is 5.90. The lowest BCUT2D eigenvalue weighted by Crippen LogP contribution is -2.51. The number of carbonyl (C=O) groups excluding carboxylic acids is 2. The molecule has 90 valence electrons. The van der Waals surface area contributed by atoms with Crippen molar-refractivity contribution >= 4 is 11.8 Å². The zero-order chi connectivity index (χ0) is 11.4. The summed E-state index contributed by atoms with van der Waals surface area (Å²) in [6.07, 6.45) is 3.17. The van der Waals surface area contributed by atoms with Gasteiger partial charge in [0, 0.05) is 19.6 Å². The maximum absolute atomic E-state index is 11.5. The maximum Gasteiger partial charge on any atom is 0.243 e. The minimum atomic E-state index is -0.194. The van der Waals surface area contributed by atoms with Gasteiger partial charge in [-0.15, -0.1) is 0 Å². The Kier molecular flexibility index (Phi) is 3.90. The summed E-state index contributed by atoms with van der Waals surface area (Å²) in [7, 11) is 0. The fraction of sp³-hybridized carbons (Fsp3) is 0.818. The van der Waals surface area contributed by atoms with Crippen LogP contribution in [0.25, 0.3) is 0 Å². The summed E-state index contributed by atoms with van der Waals surface area (Å²) in [6, 6.07) is -0.194. The maximum atomic E-state index is 11.5. The van der Waals surface area contributed by atoms with Gasteiger partial charge in [0.05, 0.1) is 6.04 Å². The Balaban J connectivity index is 1.72. The van der Waals surface area contributed by atoms with E-state index in [0.29, 0.717) is 18.8 Å². The fourth-order valence-electron chi connectivity index (χ4n) is 2.15. The molecule has 2 aliphatic rings. The first-order valence-electron chi connectivity index (χ1n) is 5.90. The van der Waals surface area contributed by atoms with Crippen molar-refractivity contribution in [3.63, 3.8) is 0 Å². The van der Waals surface area contributed by atoms with Gasteiger partial charge in [0.2, 0.25) is 11.8 Å². The molecule has 2 aliphatic heterocycles. The number of hydrogen-bond acceptors (Lipinski definition) is 4. The molecule has 0 radical (unpaired) electrons. The number of carbonyl (C=O) groups is 2. The minimum absolute atomic E-state index is 0.158. The van der Waals surface area contributed by atoms with Crippen LogP contribution in [0.3, 0.4) is 0 Å². The van der Waals surface area contributed by atoms with Gasteiger partial charge >= 0.3 is 0 Å². The van der Waals surface area contributed by atoms with Crippen molar-refractivity contribution in [2.45, 2.75) is 31.7 Å². The molecular weight excluding hydrogens is 208 g/mol. The van der Waals surface area contributed by atoms with Crippen LogP contribution in [0.15, 0.2) is 0 Å². The molecular formula is C11H18N2O3. The van der Waals surface area contributed by atoms with Crippen LogP contribution < -0.4 is 10.6 Å². The third kappa shape index (κ3) is 3.02. The zero-order valence-electron chi connectivity index (χ0n) is 9.33. The predicted octanol–water partition coefficient (Wildman–Crippen LogP) is -0.192. The van der Waals surface area contributed by atoms with Crippen LogP contribution in [0.1, 0.15) is 25.7 Å². The van der Waals surface area contributed by atoms with E-state index < -0.39 is 0 Å². The molecule has 2 heterocycles. The Morgan fingerprint density at radius 3 is 2.69 bits per heavy atom. The van der Waals surface area contributed by atoms with Gasteiger partial charge in [-0.3, -0.25) is 14.9 Å². The molecule has 0 aliphatic carbocycles. The lowest BCUT2D eigenvalue weighted by atomic mass is 9.99. The molecule has 1 unspecified atom stereocenters. The topological polar surface area (TPSA) is 67.4 Å². The number of ether oxygens (including phenoxy) is 1. The highest BCUT2D eigenvalue weighted by Crippen LogP contribution is 2.14. The first-order chi connectivity index (χ1) is 7.75. The van der Waals surface area contributed by atoms with Crippen LogP contribution in [0.5, 0.6) is 0 Å². The molecule has 2 amide bonds. The largest absolute Gasteiger partial charge is 0.381 e. The third-order valence-electron chi connectivity index (χ3n) is 3.23. The highest BCUT2D eigenvalue weighted by Gasteiger charge is 2.26. The Bertz CT molecular complexity index is 274. The van der Waals surface area contributed by atoms with Crippen LogP contribution >= 0.6 is 0 Å². The van der Waals surface area contributed by atoms with Crippen molar-refractivity contribution in [2.24, 2.45) is 5.92 Å². The van der Waals surface area contributed by atoms with Gasteiger partial charge in [-0.1, -0.05) is 0 Å². The van der Waals surface area contributed by atoms with Crippen molar-refractivity contribution in [1.82, 2.24) is 10.6 Å². The van der Waals surface area contributed by atoms with Crippen LogP contribution in [-0.2, 0) is 14.3 Å². The molecule has 2 saturated heterocycles. The molecule has 2 rings (SSSR count). The zero-order valence-corrected chi connectivity index (χ0v) is 9.33. The van der Waals surface area contributed by atoms with E-state index in [4.69, 9.17) is 4.74 Å². The Morgan fingerprint density at radius 2 is 2.00 bits per heavy atom. The van der Waals surface area contributed by atoms with E-state index in [1.807, 2.05) is 0 Å². The second-order valence-corrected chi connectivity index (χ2v) is 4.47. The SMILES string of the molecule is O=C1CCC(NCC2CCOCC2)C(=O)N1. The van der Waals surface area contributed by atoms with Crippen LogP contribution in [0.4, 0.5) is 0 Å². The Hall–Kier alpha value is -0.940. The van der Waals surface area contributed by atoms with E-state index in [9.17, 15) is 9.59 Å². The van der Waals surface area contributed by atoms with Crippen LogP contribution in [-0.4, -0.2) is 37.6 Å². The summed E-state index contributed by atoms with van der Waals surface area (Å²) in [5.41, 5.74) is 0. The van der Waals surface area contributed by atoms with E-state index in [2.05, 4.69) is 10.6 Å². The predicted molar refractivity (Wildman–Crippen MR) is 57.7 cm³/mol. The van der Waals surface area contributed by atoms with Gasteiger partial charge in [-0.25, -0.2) is 0 Å². The molecule has 2 fully saturated rings. The molecule has 0 aromatic heterocycles. The van der Waals surface area contributed by atoms with Gasteiger partial charge in [-0.2, -0.15) is 0 Å². The highest BCUT2D eigenvalue weighted by molar-refractivity contribution is 6.00. The summed E-state index contributed by atoms with van der Waals surface area (Å²) in [5.74, 6) is 0.261. The van der Waals surface area contributed by atoms with Crippen molar-refractivity contribution < 1.29 is 14.3 Å². The highest BCUT2D eigenvalue weighted by atomic mass is 16.5. The van der Waals surface area contributed by atoms with Crippen LogP contribution in [0.2, 0.25) is 0 Å². The van der Waals surface area contributed by atoms with E-state index in [-0.39, 0.29) is 17.9 Å². The van der Waals surface area contributed by atoms with Crippen molar-refractivity contribution in [2.75, 3.05) is 19.8 Å². The van der Waals surface area contributed by atoms with E-state index in [1.54, 1.807) is 0 Å². The number of nitrogens with one attached hydrogen (secondary N) is 2. The summed E-state index contributed by atoms with van der Waals surface area (Å²) in [5, 5.41) is 5.59. The second kappa shape index (κ2) is 5.41. The molecule has 0 bridgehead atoms. The van der Waals surface area contributed by atoms with Crippen LogP contribution in [0, 0.1) is 5.92 Å². The summed E-state index contributed by atoms with van der Waals surface area (Å²) < 4.78 is 5.27. The van der Waals surface area contributed by atoms with Crippen molar-refractivity contribution in [3.05, 3.63) is 0 Å². The number of rotatable bonds is 3. The average Bonchev–Trinajstić information content (AvgIpc) is 2.29. The Labute approximate surface area is 94.9 Å². The third-order valence-corrected chi connectivity index (χ3v) is 3.23. The summed E-state index contributed by atoms with van der Waals surface area (Å²) >= 11 is 0. The molecule has 0 spiro atoms. The molecule has 0 saturated carbocycles. The molecule has 0 aromatic carbocycles. The fourth-order valence-corrected chi connectivity index (χ4v) is 2.15. The average molecular weight is 226 g/mol. The van der Waals surface area contributed by atoms with E-state index >= 15 is 0 Å². The van der Waals surface area contributed by atoms with Crippen molar-refractivity contribution in [3.8, 4) is 0 Å². The van der Waals surface area contributed by atoms with Gasteiger partial charge in [0.25, 0.3) is 0 Å². The number of piperidine rings is 1. The lowest BCUT2D eigenvalue weighted by molar-refractivity contribution is -0.134. The standard InChI is InChI=1S/C11H18N2O3/c14-10-2-1-9(11(15)13-10)12-7-8-3-5-16-6-4-8/h8-9,12H,1-7H2,(H,13,14,15). The number of imide groups is 1. The Morgan fingerprint density at radius 1 is 1.25 bits per heavy atom. The quantitative estimate of drug-likeness (QED) is 0.654. The molecule has 5 nitrogen and oxygen atoms in total. The smallest absolute Gasteiger partial charge is 0.243 e. The van der Waals surface area contributed by atoms with Gasteiger partial charge in [-0.05, 0) is 31.7 Å². The monoisotopic (exact) mass is 226 g/mol. The summed E-state index contributed by atoms with van der Waals surface area (Å²) in [6.45, 7) is 2.49. The van der Waals surface area contributed by atoms with Gasteiger partial charge in [0.1, 0.15) is 0 Å². The first kappa shape index (κ1) is 11.5. The molecule has 5 heteroatoms. The van der Waals surface area contributed by atoms with Gasteiger partial charge in [0.15, 0.2) is 0 Å². The second-order valence-electron chi connectivity index (χ2n) is 4.47. The summed E-state index contributed by atoms with van der Waals surface area (Å²) in [4.78, 5) is 22.4. The normalized spacial score (nSPS) is 27.9. The molecule has 0 aromatic rings. The van der Waals surface area contributed by atoms with E-state index in [0.717, 1.165) is 32.6 Å². The number of amides is 2. The molecule has 1 atom stereocenters. The van der Waals surface area contributed by atoms with Gasteiger partial charge < -0.3 is 10.1 Å². The minimum Gasteiger partial charge on any atom is -0.381 e. The van der Waals surface area contributed by atoms with E-state index in [1.165, 1.54) is 0 Å².